The van der Waals surface area contributed by atoms with Gasteiger partial charge in [0.25, 0.3) is 0 Å². The minimum Gasteiger partial charge on any atom is -0.468 e. The molecule has 0 spiro atoms. The number of sulfonamides is 1. The number of hydrogen-bond acceptors (Lipinski definition) is 5. The van der Waals surface area contributed by atoms with Crippen molar-refractivity contribution in [3.63, 3.8) is 0 Å². The second kappa shape index (κ2) is 5.86. The zero-order valence-electron chi connectivity index (χ0n) is 12.8. The Morgan fingerprint density at radius 2 is 2.00 bits per heavy atom. The van der Waals surface area contributed by atoms with E-state index < -0.39 is 10.0 Å². The molecule has 22 heavy (non-hydrogen) atoms. The molecule has 120 valence electrons. The maximum atomic E-state index is 12.7. The van der Waals surface area contributed by atoms with E-state index in [0.29, 0.717) is 43.3 Å². The maximum Gasteiger partial charge on any atom is 0.246 e. The van der Waals surface area contributed by atoms with E-state index >= 15 is 0 Å². The average Bonchev–Trinajstić information content (AvgIpc) is 3.09. The van der Waals surface area contributed by atoms with Crippen molar-refractivity contribution in [2.75, 3.05) is 26.2 Å². The SMILES string of the molecule is Cc1nn(C)cc1S(=O)(=O)N1CCN(Cc2ccco2)CC1. The Bertz CT molecular complexity index is 728. The van der Waals surface area contributed by atoms with Crippen LogP contribution in [-0.4, -0.2) is 53.6 Å². The van der Waals surface area contributed by atoms with Gasteiger partial charge in [-0.2, -0.15) is 9.40 Å². The normalized spacial score (nSPS) is 17.9. The minimum atomic E-state index is -3.46. The Kier molecular flexibility index (Phi) is 4.07. The Morgan fingerprint density at radius 3 is 2.55 bits per heavy atom. The molecule has 2 aromatic heterocycles. The van der Waals surface area contributed by atoms with Crippen molar-refractivity contribution in [3.8, 4) is 0 Å². The predicted octanol–water partition coefficient (Wildman–Crippen LogP) is 0.828. The highest BCUT2D eigenvalue weighted by atomic mass is 32.2. The molecule has 3 rings (SSSR count). The van der Waals surface area contributed by atoms with Crippen LogP contribution in [0.5, 0.6) is 0 Å². The van der Waals surface area contributed by atoms with E-state index in [4.69, 9.17) is 4.42 Å². The van der Waals surface area contributed by atoms with E-state index in [1.165, 1.54) is 8.99 Å². The van der Waals surface area contributed by atoms with Crippen LogP contribution in [0.4, 0.5) is 0 Å². The molecule has 0 radical (unpaired) electrons. The zero-order chi connectivity index (χ0) is 15.7. The Morgan fingerprint density at radius 1 is 1.27 bits per heavy atom. The van der Waals surface area contributed by atoms with Crippen molar-refractivity contribution in [2.24, 2.45) is 7.05 Å². The lowest BCUT2D eigenvalue weighted by Crippen LogP contribution is -2.48. The highest BCUT2D eigenvalue weighted by Crippen LogP contribution is 2.20. The van der Waals surface area contributed by atoms with E-state index in [0.717, 1.165) is 5.76 Å². The van der Waals surface area contributed by atoms with Crippen LogP contribution in [0.3, 0.4) is 0 Å². The predicted molar refractivity (Wildman–Crippen MR) is 80.7 cm³/mol. The summed E-state index contributed by atoms with van der Waals surface area (Å²) in [6, 6.07) is 3.79. The summed E-state index contributed by atoms with van der Waals surface area (Å²) in [5.74, 6) is 0.902. The molecule has 0 unspecified atom stereocenters. The summed E-state index contributed by atoms with van der Waals surface area (Å²) in [4.78, 5) is 2.50. The summed E-state index contributed by atoms with van der Waals surface area (Å²) in [6.45, 7) is 4.79. The molecule has 1 aliphatic rings. The highest BCUT2D eigenvalue weighted by molar-refractivity contribution is 7.89. The standard InChI is InChI=1S/C14H20N4O3S/c1-12-14(11-16(2)15-12)22(19,20)18-7-5-17(6-8-18)10-13-4-3-9-21-13/h3-4,9,11H,5-8,10H2,1-2H3. The van der Waals surface area contributed by atoms with E-state index in [9.17, 15) is 8.42 Å². The lowest BCUT2D eigenvalue weighted by Gasteiger charge is -2.33. The molecular formula is C14H20N4O3S. The lowest BCUT2D eigenvalue weighted by atomic mass is 10.3. The molecule has 0 aromatic carbocycles. The molecule has 0 aliphatic carbocycles. The molecule has 2 aromatic rings. The Labute approximate surface area is 130 Å². The number of nitrogens with zero attached hydrogens (tertiary/aromatic N) is 4. The summed E-state index contributed by atoms with van der Waals surface area (Å²) < 4.78 is 33.8. The molecule has 0 bridgehead atoms. The van der Waals surface area contributed by atoms with Gasteiger partial charge in [0.1, 0.15) is 10.7 Å². The third-order valence-electron chi connectivity index (χ3n) is 3.88. The second-order valence-corrected chi connectivity index (χ2v) is 7.42. The molecule has 7 nitrogen and oxygen atoms in total. The first-order chi connectivity index (χ1) is 10.5. The maximum absolute atomic E-state index is 12.7. The van der Waals surface area contributed by atoms with E-state index in [-0.39, 0.29) is 0 Å². The van der Waals surface area contributed by atoms with Crippen LogP contribution in [0.15, 0.2) is 33.9 Å². The first-order valence-corrected chi connectivity index (χ1v) is 8.66. The Hall–Kier alpha value is -1.64. The summed E-state index contributed by atoms with van der Waals surface area (Å²) in [5.41, 5.74) is 0.542. The fraction of sp³-hybridized carbons (Fsp3) is 0.500. The Balaban J connectivity index is 1.66. The van der Waals surface area contributed by atoms with Gasteiger partial charge >= 0.3 is 0 Å². The van der Waals surface area contributed by atoms with Crippen LogP contribution in [0.2, 0.25) is 0 Å². The third kappa shape index (κ3) is 2.94. The summed E-state index contributed by atoms with van der Waals surface area (Å²) in [7, 11) is -1.73. The summed E-state index contributed by atoms with van der Waals surface area (Å²) >= 11 is 0. The van der Waals surface area contributed by atoms with Gasteiger partial charge in [0.05, 0.1) is 18.5 Å². The molecule has 0 N–H and O–H groups in total. The highest BCUT2D eigenvalue weighted by Gasteiger charge is 2.31. The van der Waals surface area contributed by atoms with Crippen molar-refractivity contribution in [2.45, 2.75) is 18.4 Å². The smallest absolute Gasteiger partial charge is 0.246 e. The van der Waals surface area contributed by atoms with Gasteiger partial charge in [-0.05, 0) is 19.1 Å². The van der Waals surface area contributed by atoms with Crippen LogP contribution in [0.1, 0.15) is 11.5 Å². The van der Waals surface area contributed by atoms with Gasteiger partial charge in [-0.15, -0.1) is 0 Å². The molecule has 3 heterocycles. The molecule has 0 saturated carbocycles. The largest absolute Gasteiger partial charge is 0.468 e. The van der Waals surface area contributed by atoms with Crippen LogP contribution < -0.4 is 0 Å². The van der Waals surface area contributed by atoms with Gasteiger partial charge in [-0.3, -0.25) is 9.58 Å². The summed E-state index contributed by atoms with van der Waals surface area (Å²) in [6.07, 6.45) is 3.22. The topological polar surface area (TPSA) is 71.6 Å². The van der Waals surface area contributed by atoms with Crippen LogP contribution in [0.25, 0.3) is 0 Å². The number of piperazine rings is 1. The van der Waals surface area contributed by atoms with Gasteiger partial charge in [-0.25, -0.2) is 8.42 Å². The molecule has 0 atom stereocenters. The number of furan rings is 1. The lowest BCUT2D eigenvalue weighted by molar-refractivity contribution is 0.171. The number of rotatable bonds is 4. The van der Waals surface area contributed by atoms with Crippen molar-refractivity contribution in [3.05, 3.63) is 36.0 Å². The quantitative estimate of drug-likeness (QED) is 0.833. The van der Waals surface area contributed by atoms with Gasteiger partial charge in [0.2, 0.25) is 10.0 Å². The van der Waals surface area contributed by atoms with Crippen molar-refractivity contribution in [1.29, 1.82) is 0 Å². The number of aromatic nitrogens is 2. The van der Waals surface area contributed by atoms with E-state index in [1.807, 2.05) is 12.1 Å². The number of aryl methyl sites for hydroxylation is 2. The van der Waals surface area contributed by atoms with Crippen molar-refractivity contribution < 1.29 is 12.8 Å². The molecule has 1 aliphatic heterocycles. The fourth-order valence-electron chi connectivity index (χ4n) is 2.72. The van der Waals surface area contributed by atoms with Gasteiger partial charge < -0.3 is 4.42 Å². The molecule has 0 amide bonds. The molecule has 8 heteroatoms. The molecule has 1 fully saturated rings. The van der Waals surface area contributed by atoms with Crippen molar-refractivity contribution >= 4 is 10.0 Å². The van der Waals surface area contributed by atoms with Gasteiger partial charge in [0, 0.05) is 39.4 Å². The van der Waals surface area contributed by atoms with Crippen LogP contribution in [-0.2, 0) is 23.6 Å². The molecular weight excluding hydrogens is 304 g/mol. The van der Waals surface area contributed by atoms with Crippen molar-refractivity contribution in [1.82, 2.24) is 19.0 Å². The van der Waals surface area contributed by atoms with Gasteiger partial charge in [-0.1, -0.05) is 0 Å². The fourth-order valence-corrected chi connectivity index (χ4v) is 4.34. The first kappa shape index (κ1) is 15.3. The summed E-state index contributed by atoms with van der Waals surface area (Å²) in [5, 5.41) is 4.13. The van der Waals surface area contributed by atoms with Gasteiger partial charge in [0.15, 0.2) is 0 Å². The van der Waals surface area contributed by atoms with Crippen LogP contribution in [0, 0.1) is 6.92 Å². The zero-order valence-corrected chi connectivity index (χ0v) is 13.6. The van der Waals surface area contributed by atoms with E-state index in [2.05, 4.69) is 10.00 Å². The monoisotopic (exact) mass is 324 g/mol. The number of hydrogen-bond donors (Lipinski definition) is 0. The first-order valence-electron chi connectivity index (χ1n) is 7.22. The third-order valence-corrected chi connectivity index (χ3v) is 5.88. The molecule has 1 saturated heterocycles. The van der Waals surface area contributed by atoms with Crippen LogP contribution >= 0.6 is 0 Å². The second-order valence-electron chi connectivity index (χ2n) is 5.51. The average molecular weight is 324 g/mol. The van der Waals surface area contributed by atoms with E-state index in [1.54, 1.807) is 26.4 Å². The minimum absolute atomic E-state index is 0.300.